The van der Waals surface area contributed by atoms with Crippen LogP contribution in [0.1, 0.15) is 20.7 Å². The minimum atomic E-state index is -0.729. The predicted octanol–water partition coefficient (Wildman–Crippen LogP) is 2.41. The number of amides is 2. The molecule has 0 atom stereocenters. The lowest BCUT2D eigenvalue weighted by molar-refractivity contribution is 0.0998. The van der Waals surface area contributed by atoms with Crippen molar-refractivity contribution in [1.29, 1.82) is 0 Å². The van der Waals surface area contributed by atoms with E-state index in [1.807, 2.05) is 0 Å². The monoisotopic (exact) mass is 307 g/mol. The first-order valence-electron chi connectivity index (χ1n) is 5.84. The molecule has 0 aliphatic rings. The maximum Gasteiger partial charge on any atom is 0.258 e. The van der Waals surface area contributed by atoms with Crippen molar-refractivity contribution in [1.82, 2.24) is 0 Å². The number of hydrogen-bond donors (Lipinski definition) is 3. The maximum absolute atomic E-state index is 13.6. The van der Waals surface area contributed by atoms with Crippen LogP contribution < -0.4 is 16.8 Å². The first kappa shape index (κ1) is 14.8. The van der Waals surface area contributed by atoms with Gasteiger partial charge in [-0.15, -0.1) is 0 Å². The van der Waals surface area contributed by atoms with Crippen LogP contribution in [0.25, 0.3) is 0 Å². The summed E-state index contributed by atoms with van der Waals surface area (Å²) in [5.74, 6) is -2.06. The summed E-state index contributed by atoms with van der Waals surface area (Å²) in [5.41, 5.74) is 11.0. The van der Waals surface area contributed by atoms with Crippen molar-refractivity contribution in [2.75, 3.05) is 11.1 Å². The Hall–Kier alpha value is -2.60. The van der Waals surface area contributed by atoms with E-state index in [9.17, 15) is 14.0 Å². The molecule has 2 aromatic carbocycles. The number of rotatable bonds is 3. The highest BCUT2D eigenvalue weighted by molar-refractivity contribution is 6.34. The van der Waals surface area contributed by atoms with Gasteiger partial charge in [0, 0.05) is 11.4 Å². The number of benzene rings is 2. The third-order valence-corrected chi connectivity index (χ3v) is 3.04. The van der Waals surface area contributed by atoms with Gasteiger partial charge in [0.2, 0.25) is 5.91 Å². The largest absolute Gasteiger partial charge is 0.399 e. The van der Waals surface area contributed by atoms with Crippen LogP contribution >= 0.6 is 11.6 Å². The molecule has 0 aliphatic heterocycles. The zero-order valence-electron chi connectivity index (χ0n) is 10.7. The van der Waals surface area contributed by atoms with Crippen LogP contribution in [0.2, 0.25) is 5.02 Å². The van der Waals surface area contributed by atoms with Crippen LogP contribution in [0.4, 0.5) is 15.8 Å². The topological polar surface area (TPSA) is 98.2 Å². The van der Waals surface area contributed by atoms with Gasteiger partial charge >= 0.3 is 0 Å². The van der Waals surface area contributed by atoms with Gasteiger partial charge in [0.1, 0.15) is 5.82 Å². The summed E-state index contributed by atoms with van der Waals surface area (Å²) in [6.07, 6.45) is 0. The van der Waals surface area contributed by atoms with Crippen LogP contribution in [0.15, 0.2) is 36.4 Å². The van der Waals surface area contributed by atoms with E-state index in [0.717, 1.165) is 6.07 Å². The number of halogens is 2. The van der Waals surface area contributed by atoms with Crippen molar-refractivity contribution in [2.45, 2.75) is 0 Å². The van der Waals surface area contributed by atoms with Crippen LogP contribution in [0, 0.1) is 5.82 Å². The number of anilines is 2. The molecular formula is C14H11ClFN3O2. The van der Waals surface area contributed by atoms with E-state index >= 15 is 0 Å². The summed E-state index contributed by atoms with van der Waals surface area (Å²) in [6, 6.07) is 7.92. The van der Waals surface area contributed by atoms with E-state index < -0.39 is 17.6 Å². The van der Waals surface area contributed by atoms with E-state index in [2.05, 4.69) is 5.32 Å². The van der Waals surface area contributed by atoms with Gasteiger partial charge < -0.3 is 16.8 Å². The Bertz CT molecular complexity index is 734. The van der Waals surface area contributed by atoms with Gasteiger partial charge in [-0.2, -0.15) is 0 Å². The summed E-state index contributed by atoms with van der Waals surface area (Å²) in [5, 5.41) is 2.56. The van der Waals surface area contributed by atoms with Gasteiger partial charge in [-0.05, 0) is 36.4 Å². The molecule has 21 heavy (non-hydrogen) atoms. The number of primary amides is 1. The normalized spacial score (nSPS) is 10.2. The van der Waals surface area contributed by atoms with Gasteiger partial charge in [-0.3, -0.25) is 9.59 Å². The summed E-state index contributed by atoms with van der Waals surface area (Å²) >= 11 is 5.86. The molecule has 0 fully saturated rings. The molecule has 2 aromatic rings. The predicted molar refractivity (Wildman–Crippen MR) is 78.7 cm³/mol. The van der Waals surface area contributed by atoms with Crippen LogP contribution in [-0.2, 0) is 0 Å². The average Bonchev–Trinajstić information content (AvgIpc) is 2.37. The third-order valence-electron chi connectivity index (χ3n) is 2.73. The summed E-state index contributed by atoms with van der Waals surface area (Å²) < 4.78 is 13.6. The maximum atomic E-state index is 13.6. The first-order chi connectivity index (χ1) is 9.88. The molecule has 2 rings (SSSR count). The van der Waals surface area contributed by atoms with Gasteiger partial charge in [0.05, 0.1) is 16.1 Å². The number of nitrogens with two attached hydrogens (primary N) is 2. The van der Waals surface area contributed by atoms with Crippen molar-refractivity contribution in [3.8, 4) is 0 Å². The fourth-order valence-electron chi connectivity index (χ4n) is 1.71. The Morgan fingerprint density at radius 2 is 1.76 bits per heavy atom. The van der Waals surface area contributed by atoms with Gasteiger partial charge in [-0.1, -0.05) is 11.6 Å². The molecule has 0 unspecified atom stereocenters. The Labute approximate surface area is 124 Å². The van der Waals surface area contributed by atoms with E-state index in [0.29, 0.717) is 5.69 Å². The second kappa shape index (κ2) is 5.80. The van der Waals surface area contributed by atoms with E-state index in [4.69, 9.17) is 23.1 Å². The molecule has 5 N–H and O–H groups in total. The Morgan fingerprint density at radius 1 is 1.10 bits per heavy atom. The van der Waals surface area contributed by atoms with Crippen molar-refractivity contribution in [2.24, 2.45) is 5.73 Å². The molecule has 5 nitrogen and oxygen atoms in total. The van der Waals surface area contributed by atoms with Gasteiger partial charge in [0.25, 0.3) is 5.91 Å². The van der Waals surface area contributed by atoms with Crippen molar-refractivity contribution < 1.29 is 14.0 Å². The number of carbonyl (C=O) groups excluding carboxylic acids is 2. The highest BCUT2D eigenvalue weighted by Crippen LogP contribution is 2.21. The van der Waals surface area contributed by atoms with Crippen LogP contribution in [0.3, 0.4) is 0 Å². The van der Waals surface area contributed by atoms with Crippen LogP contribution in [-0.4, -0.2) is 11.8 Å². The van der Waals surface area contributed by atoms with E-state index in [1.54, 1.807) is 0 Å². The average molecular weight is 308 g/mol. The lowest BCUT2D eigenvalue weighted by Crippen LogP contribution is -2.15. The Balaban J connectivity index is 2.23. The fourth-order valence-corrected chi connectivity index (χ4v) is 1.98. The smallest absolute Gasteiger partial charge is 0.258 e. The molecular weight excluding hydrogens is 297 g/mol. The summed E-state index contributed by atoms with van der Waals surface area (Å²) in [6.45, 7) is 0. The lowest BCUT2D eigenvalue weighted by Gasteiger charge is -2.08. The quantitative estimate of drug-likeness (QED) is 0.759. The second-order valence-electron chi connectivity index (χ2n) is 4.25. The molecule has 0 spiro atoms. The zero-order chi connectivity index (χ0) is 15.6. The van der Waals surface area contributed by atoms with E-state index in [1.165, 1.54) is 30.3 Å². The van der Waals surface area contributed by atoms with Crippen molar-refractivity contribution in [3.63, 3.8) is 0 Å². The standard InChI is InChI=1S/C14H11ClFN3O2/c15-11-6-8(2-4-9(11)13(18)20)19-14(21)10-3-1-7(17)5-12(10)16/h1-6H,17H2,(H2,18,20)(H,19,21). The number of hydrogen-bond acceptors (Lipinski definition) is 3. The highest BCUT2D eigenvalue weighted by Gasteiger charge is 2.13. The second-order valence-corrected chi connectivity index (χ2v) is 4.66. The van der Waals surface area contributed by atoms with E-state index in [-0.39, 0.29) is 21.8 Å². The molecule has 0 aromatic heterocycles. The third kappa shape index (κ3) is 3.29. The van der Waals surface area contributed by atoms with Crippen LogP contribution in [0.5, 0.6) is 0 Å². The highest BCUT2D eigenvalue weighted by atomic mass is 35.5. The molecule has 7 heteroatoms. The molecule has 0 saturated carbocycles. The molecule has 0 aliphatic carbocycles. The SMILES string of the molecule is NC(=O)c1ccc(NC(=O)c2ccc(N)cc2F)cc1Cl. The molecule has 0 saturated heterocycles. The molecule has 2 amide bonds. The molecule has 0 bridgehead atoms. The van der Waals surface area contributed by atoms with Gasteiger partial charge in [-0.25, -0.2) is 4.39 Å². The van der Waals surface area contributed by atoms with Crippen molar-refractivity contribution in [3.05, 3.63) is 58.4 Å². The van der Waals surface area contributed by atoms with Gasteiger partial charge in [0.15, 0.2) is 0 Å². The number of nitrogen functional groups attached to an aromatic ring is 1. The Morgan fingerprint density at radius 3 is 2.33 bits per heavy atom. The molecule has 0 radical (unpaired) electrons. The molecule has 0 heterocycles. The van der Waals surface area contributed by atoms with Crippen molar-refractivity contribution >= 4 is 34.8 Å². The fraction of sp³-hybridized carbons (Fsp3) is 0. The summed E-state index contributed by atoms with van der Waals surface area (Å²) in [7, 11) is 0. The minimum absolute atomic E-state index is 0.0954. The number of carbonyl (C=O) groups is 2. The summed E-state index contributed by atoms with van der Waals surface area (Å²) in [4.78, 5) is 23.0. The molecule has 108 valence electrons. The lowest BCUT2D eigenvalue weighted by atomic mass is 10.1. The Kier molecular flexibility index (Phi) is 4.09. The number of nitrogens with one attached hydrogen (secondary N) is 1. The first-order valence-corrected chi connectivity index (χ1v) is 6.22. The zero-order valence-corrected chi connectivity index (χ0v) is 11.4. The minimum Gasteiger partial charge on any atom is -0.399 e.